The number of hydrogen-bond acceptors (Lipinski definition) is 5. The van der Waals surface area contributed by atoms with Gasteiger partial charge in [-0.3, -0.25) is 4.79 Å². The molecule has 1 saturated heterocycles. The molecule has 1 spiro atoms. The lowest BCUT2D eigenvalue weighted by atomic mass is 9.83. The minimum absolute atomic E-state index is 0.212. The van der Waals surface area contributed by atoms with E-state index in [1.54, 1.807) is 26.0 Å². The van der Waals surface area contributed by atoms with Crippen LogP contribution in [0, 0.1) is 19.7 Å². The van der Waals surface area contributed by atoms with Gasteiger partial charge in [0.1, 0.15) is 16.3 Å². The highest BCUT2D eigenvalue weighted by atomic mass is 32.2. The zero-order chi connectivity index (χ0) is 27.5. The van der Waals surface area contributed by atoms with Crippen molar-refractivity contribution >= 4 is 23.6 Å². The molecule has 0 saturated carbocycles. The molecule has 3 heterocycles. The molecule has 206 valence electrons. The van der Waals surface area contributed by atoms with E-state index in [1.807, 2.05) is 30.4 Å². The Labute approximate surface area is 229 Å². The molecule has 5 nitrogen and oxygen atoms in total. The molecule has 1 atom stereocenters. The van der Waals surface area contributed by atoms with Crippen LogP contribution >= 0.6 is 11.9 Å². The van der Waals surface area contributed by atoms with Crippen molar-refractivity contribution in [1.82, 2.24) is 10.4 Å². The Hall–Kier alpha value is -2.29. The number of fused-ring (bicyclic) bond motifs is 2. The monoisotopic (exact) mass is 543 g/mol. The summed E-state index contributed by atoms with van der Waals surface area (Å²) in [6.45, 7) is 11.2. The second-order valence-electron chi connectivity index (χ2n) is 10.4. The summed E-state index contributed by atoms with van der Waals surface area (Å²) in [7, 11) is 0. The van der Waals surface area contributed by atoms with E-state index in [-0.39, 0.29) is 11.7 Å². The normalized spacial score (nSPS) is 21.0. The summed E-state index contributed by atoms with van der Waals surface area (Å²) in [5.41, 5.74) is 7.12. The maximum Gasteiger partial charge on any atom is 0.222 e. The first-order chi connectivity index (χ1) is 18.3. The number of nitrogens with zero attached hydrogens (tertiary/aromatic N) is 2. The van der Waals surface area contributed by atoms with Crippen LogP contribution in [0.5, 0.6) is 0 Å². The topological polar surface area (TPSA) is 53.9 Å². The molecular formula is C30H39F2N3O2S. The number of carbonyl (C=O) groups is 1. The number of amides is 1. The Bertz CT molecular complexity index is 1190. The van der Waals surface area contributed by atoms with Crippen LogP contribution in [0.4, 0.5) is 8.87 Å². The van der Waals surface area contributed by atoms with Gasteiger partial charge in [-0.05, 0) is 59.7 Å². The molecule has 2 aromatic rings. The van der Waals surface area contributed by atoms with Crippen LogP contribution in [-0.4, -0.2) is 29.6 Å². The molecule has 0 radical (unpaired) electrons. The van der Waals surface area contributed by atoms with Crippen LogP contribution in [-0.2, 0) is 26.6 Å². The van der Waals surface area contributed by atoms with Gasteiger partial charge in [-0.1, -0.05) is 64.3 Å². The summed E-state index contributed by atoms with van der Waals surface area (Å²) in [5, 5.41) is 0. The lowest BCUT2D eigenvalue weighted by Gasteiger charge is -2.47. The summed E-state index contributed by atoms with van der Waals surface area (Å²) >= 11 is 1.13. The average molecular weight is 544 g/mol. The summed E-state index contributed by atoms with van der Waals surface area (Å²) in [6, 6.07) is 9.54. The van der Waals surface area contributed by atoms with Gasteiger partial charge in [0, 0.05) is 24.8 Å². The number of unbranched alkanes of at least 4 members (excludes halogenated alkanes) is 3. The molecular weight excluding hydrogens is 504 g/mol. The van der Waals surface area contributed by atoms with E-state index in [4.69, 9.17) is 4.74 Å². The van der Waals surface area contributed by atoms with Gasteiger partial charge in [0.2, 0.25) is 5.91 Å². The molecule has 8 heteroatoms. The summed E-state index contributed by atoms with van der Waals surface area (Å²) in [6.07, 6.45) is 5.33. The molecule has 1 fully saturated rings. The number of halogens is 2. The Kier molecular flexibility index (Phi) is 8.95. The maximum atomic E-state index is 14.2. The minimum atomic E-state index is -1.08. The molecule has 0 bridgehead atoms. The number of nitrogens with one attached hydrogen (secondary N) is 1. The molecule has 1 amide bonds. The predicted molar refractivity (Wildman–Crippen MR) is 150 cm³/mol. The standard InChI is InChI=1S/C28H33F2N3O2S.C2H6/c1-4-5-6-7-8-25(34)33-16-27(17-33)23-10-9-20(13-21(23)15-35-27)24-14-28(32-30,36-31-24)22-11-18(2)26(29)19(3)12-22;1-2/h9-13,32H,4-8,14-17H2,1-3H3;1-2H3. The number of carbonyl (C=O) groups excluding carboxylic acids is 1. The van der Waals surface area contributed by atoms with Gasteiger partial charge in [0.05, 0.1) is 25.4 Å². The van der Waals surface area contributed by atoms with Crippen LogP contribution in [0.15, 0.2) is 34.7 Å². The number of likely N-dealkylation sites (tertiary alicyclic amines) is 1. The predicted octanol–water partition coefficient (Wildman–Crippen LogP) is 7.17. The first kappa shape index (κ1) is 28.7. The van der Waals surface area contributed by atoms with E-state index in [9.17, 15) is 13.7 Å². The Morgan fingerprint density at radius 1 is 1.13 bits per heavy atom. The van der Waals surface area contributed by atoms with Crippen molar-refractivity contribution in [3.63, 3.8) is 0 Å². The molecule has 0 aliphatic carbocycles. The van der Waals surface area contributed by atoms with E-state index in [1.165, 1.54) is 6.42 Å². The molecule has 3 aliphatic rings. The lowest BCUT2D eigenvalue weighted by Crippen LogP contribution is -2.61. The van der Waals surface area contributed by atoms with Gasteiger partial charge in [-0.25, -0.2) is 8.79 Å². The third-order valence-corrected chi connectivity index (χ3v) is 8.79. The fourth-order valence-corrected chi connectivity index (χ4v) is 6.42. The Balaban J connectivity index is 0.00000164. The molecule has 3 aliphatic heterocycles. The van der Waals surface area contributed by atoms with Crippen molar-refractivity contribution in [3.8, 4) is 0 Å². The summed E-state index contributed by atoms with van der Waals surface area (Å²) in [5.74, 6) is -0.0544. The average Bonchev–Trinajstić information content (AvgIpc) is 3.52. The number of rotatable bonds is 8. The van der Waals surface area contributed by atoms with Crippen molar-refractivity contribution < 1.29 is 18.4 Å². The quantitative estimate of drug-likeness (QED) is 0.218. The smallest absolute Gasteiger partial charge is 0.222 e. The number of hydrogen-bond donors (Lipinski definition) is 1. The van der Waals surface area contributed by atoms with Crippen LogP contribution in [0.2, 0.25) is 0 Å². The van der Waals surface area contributed by atoms with Gasteiger partial charge in [0.25, 0.3) is 0 Å². The van der Waals surface area contributed by atoms with Gasteiger partial charge >= 0.3 is 0 Å². The zero-order valence-electron chi connectivity index (χ0n) is 23.1. The highest BCUT2D eigenvalue weighted by Gasteiger charge is 2.51. The van der Waals surface area contributed by atoms with E-state index in [0.717, 1.165) is 53.6 Å². The first-order valence-electron chi connectivity index (χ1n) is 13.8. The number of aryl methyl sites for hydroxylation is 2. The van der Waals surface area contributed by atoms with Crippen LogP contribution in [0.25, 0.3) is 0 Å². The third-order valence-electron chi connectivity index (χ3n) is 7.71. The first-order valence-corrected chi connectivity index (χ1v) is 14.5. The van der Waals surface area contributed by atoms with Gasteiger partial charge in [0.15, 0.2) is 0 Å². The third kappa shape index (κ3) is 5.27. The van der Waals surface area contributed by atoms with E-state index in [0.29, 0.717) is 49.2 Å². The van der Waals surface area contributed by atoms with Crippen molar-refractivity contribution in [3.05, 3.63) is 69.5 Å². The molecule has 1 unspecified atom stereocenters. The SMILES string of the molecule is CC.CCCCCCC(=O)N1CC2(C1)OCc1cc(C3=NSC(NF)(c4cc(C)c(F)c(C)c4)C3)ccc12. The largest absolute Gasteiger partial charge is 0.362 e. The second-order valence-corrected chi connectivity index (χ2v) is 11.4. The number of ether oxygens (including phenoxy) is 1. The fourth-order valence-electron chi connectivity index (χ4n) is 5.53. The van der Waals surface area contributed by atoms with Crippen molar-refractivity contribution in [2.75, 3.05) is 13.1 Å². The van der Waals surface area contributed by atoms with Crippen molar-refractivity contribution in [2.24, 2.45) is 4.40 Å². The van der Waals surface area contributed by atoms with Gasteiger partial charge < -0.3 is 9.64 Å². The van der Waals surface area contributed by atoms with Crippen molar-refractivity contribution in [1.29, 1.82) is 0 Å². The van der Waals surface area contributed by atoms with Crippen LogP contribution in [0.1, 0.15) is 92.7 Å². The maximum absolute atomic E-state index is 14.2. The molecule has 0 aromatic heterocycles. The summed E-state index contributed by atoms with van der Waals surface area (Å²) < 4.78 is 39.2. The minimum Gasteiger partial charge on any atom is -0.362 e. The summed E-state index contributed by atoms with van der Waals surface area (Å²) in [4.78, 5) is 13.4. The highest BCUT2D eigenvalue weighted by molar-refractivity contribution is 7.99. The number of benzene rings is 2. The Morgan fingerprint density at radius 2 is 1.84 bits per heavy atom. The van der Waals surface area contributed by atoms with Crippen LogP contribution in [0.3, 0.4) is 0 Å². The molecule has 5 rings (SSSR count). The lowest BCUT2D eigenvalue weighted by molar-refractivity contribution is -0.168. The van der Waals surface area contributed by atoms with E-state index >= 15 is 0 Å². The molecule has 1 N–H and O–H groups in total. The Morgan fingerprint density at radius 3 is 2.50 bits per heavy atom. The van der Waals surface area contributed by atoms with Crippen molar-refractivity contribution in [2.45, 2.75) is 90.2 Å². The van der Waals surface area contributed by atoms with Gasteiger partial charge in [-0.15, -0.1) is 10.0 Å². The second kappa shape index (κ2) is 11.8. The highest BCUT2D eigenvalue weighted by Crippen LogP contribution is 2.47. The molecule has 2 aromatic carbocycles. The van der Waals surface area contributed by atoms with Crippen LogP contribution < -0.4 is 5.54 Å². The zero-order valence-corrected chi connectivity index (χ0v) is 23.9. The molecule has 38 heavy (non-hydrogen) atoms. The van der Waals surface area contributed by atoms with E-state index in [2.05, 4.69) is 23.5 Å². The fraction of sp³-hybridized carbons (Fsp3) is 0.533. The van der Waals surface area contributed by atoms with Gasteiger partial charge in [-0.2, -0.15) is 0 Å². The van der Waals surface area contributed by atoms with E-state index < -0.39 is 10.5 Å².